The number of aliphatic carboxylic acids is 1. The van der Waals surface area contributed by atoms with Gasteiger partial charge in [0, 0.05) is 7.11 Å². The molecule has 0 saturated carbocycles. The highest BCUT2D eigenvalue weighted by Crippen LogP contribution is 2.26. The van der Waals surface area contributed by atoms with E-state index in [1.165, 1.54) is 14.0 Å². The monoisotopic (exact) mass is 238 g/mol. The Labute approximate surface area is 101 Å². The second kappa shape index (κ2) is 5.68. The van der Waals surface area contributed by atoms with Gasteiger partial charge in [0.15, 0.2) is 5.60 Å². The van der Waals surface area contributed by atoms with Crippen LogP contribution in [0, 0.1) is 0 Å². The Bertz CT molecular complexity index is 372. The minimum atomic E-state index is -1.32. The number of rotatable bonds is 6. The quantitative estimate of drug-likeness (QED) is 0.827. The lowest BCUT2D eigenvalue weighted by Gasteiger charge is -2.23. The highest BCUT2D eigenvalue weighted by molar-refractivity contribution is 5.79. The van der Waals surface area contributed by atoms with Crippen molar-refractivity contribution in [3.63, 3.8) is 0 Å². The first-order chi connectivity index (χ1) is 8.04. The zero-order valence-electron chi connectivity index (χ0n) is 10.4. The van der Waals surface area contributed by atoms with Crippen LogP contribution in [0.15, 0.2) is 24.3 Å². The smallest absolute Gasteiger partial charge is 0.340 e. The lowest BCUT2D eigenvalue weighted by atomic mass is 9.96. The van der Waals surface area contributed by atoms with Gasteiger partial charge in [-0.2, -0.15) is 0 Å². The number of hydrogen-bond acceptors (Lipinski definition) is 3. The van der Waals surface area contributed by atoms with Crippen LogP contribution in [0.25, 0.3) is 0 Å². The van der Waals surface area contributed by atoms with E-state index in [4.69, 9.17) is 14.6 Å². The molecule has 0 amide bonds. The third-order valence-corrected chi connectivity index (χ3v) is 2.69. The summed E-state index contributed by atoms with van der Waals surface area (Å²) in [6.07, 6.45) is 0.937. The highest BCUT2D eigenvalue weighted by Gasteiger charge is 2.34. The molecule has 1 aromatic carbocycles. The molecule has 0 aliphatic heterocycles. The van der Waals surface area contributed by atoms with Crippen molar-refractivity contribution >= 4 is 5.97 Å². The SMILES string of the molecule is CCCOc1ccc(C(C)(OC)C(=O)O)cc1. The van der Waals surface area contributed by atoms with Gasteiger partial charge in [0.25, 0.3) is 0 Å². The molecule has 4 heteroatoms. The molecule has 94 valence electrons. The average molecular weight is 238 g/mol. The molecule has 1 aromatic rings. The summed E-state index contributed by atoms with van der Waals surface area (Å²) in [6.45, 7) is 4.21. The summed E-state index contributed by atoms with van der Waals surface area (Å²) in [5, 5.41) is 9.14. The number of ether oxygens (including phenoxy) is 2. The van der Waals surface area contributed by atoms with Gasteiger partial charge in [-0.1, -0.05) is 19.1 Å². The zero-order valence-corrected chi connectivity index (χ0v) is 10.4. The molecule has 0 aliphatic rings. The van der Waals surface area contributed by atoms with Crippen LogP contribution >= 0.6 is 0 Å². The van der Waals surface area contributed by atoms with Crippen molar-refractivity contribution in [3.05, 3.63) is 29.8 Å². The summed E-state index contributed by atoms with van der Waals surface area (Å²) in [5.41, 5.74) is -0.722. The topological polar surface area (TPSA) is 55.8 Å². The van der Waals surface area contributed by atoms with Gasteiger partial charge < -0.3 is 14.6 Å². The molecule has 1 N–H and O–H groups in total. The molecule has 17 heavy (non-hydrogen) atoms. The first kappa shape index (κ1) is 13.5. The fourth-order valence-corrected chi connectivity index (χ4v) is 1.42. The lowest BCUT2D eigenvalue weighted by Crippen LogP contribution is -2.34. The van der Waals surface area contributed by atoms with Crippen molar-refractivity contribution in [1.29, 1.82) is 0 Å². The Kier molecular flexibility index (Phi) is 4.52. The predicted molar refractivity (Wildman–Crippen MR) is 64.2 cm³/mol. The Morgan fingerprint density at radius 1 is 1.35 bits per heavy atom. The molecule has 0 saturated heterocycles. The largest absolute Gasteiger partial charge is 0.494 e. The number of hydrogen-bond donors (Lipinski definition) is 1. The Morgan fingerprint density at radius 2 is 1.94 bits per heavy atom. The Hall–Kier alpha value is -1.55. The van der Waals surface area contributed by atoms with Crippen molar-refractivity contribution in [3.8, 4) is 5.75 Å². The Morgan fingerprint density at radius 3 is 2.35 bits per heavy atom. The van der Waals surface area contributed by atoms with E-state index in [1.807, 2.05) is 6.92 Å². The number of methoxy groups -OCH3 is 1. The molecular formula is C13H18O4. The van der Waals surface area contributed by atoms with Gasteiger partial charge in [0.2, 0.25) is 0 Å². The standard InChI is InChI=1S/C13H18O4/c1-4-9-17-11-7-5-10(6-8-11)13(2,16-3)12(14)15/h5-8H,4,9H2,1-3H3,(H,14,15). The van der Waals surface area contributed by atoms with E-state index in [9.17, 15) is 4.79 Å². The summed E-state index contributed by atoms with van der Waals surface area (Å²) >= 11 is 0. The number of carboxylic acids is 1. The van der Waals surface area contributed by atoms with Crippen LogP contribution in [0.2, 0.25) is 0 Å². The fraction of sp³-hybridized carbons (Fsp3) is 0.462. The summed E-state index contributed by atoms with van der Waals surface area (Å²) in [6, 6.07) is 6.93. The van der Waals surface area contributed by atoms with E-state index in [0.717, 1.165) is 12.2 Å². The second-order valence-corrected chi connectivity index (χ2v) is 3.92. The molecule has 0 heterocycles. The van der Waals surface area contributed by atoms with Gasteiger partial charge in [0.1, 0.15) is 5.75 Å². The predicted octanol–water partition coefficient (Wildman–Crippen LogP) is 2.42. The molecule has 1 atom stereocenters. The van der Waals surface area contributed by atoms with Crippen molar-refractivity contribution in [2.24, 2.45) is 0 Å². The van der Waals surface area contributed by atoms with E-state index in [2.05, 4.69) is 0 Å². The zero-order chi connectivity index (χ0) is 12.9. The van der Waals surface area contributed by atoms with E-state index in [-0.39, 0.29) is 0 Å². The van der Waals surface area contributed by atoms with Crippen molar-refractivity contribution < 1.29 is 19.4 Å². The van der Waals surface area contributed by atoms with E-state index in [0.29, 0.717) is 12.2 Å². The third kappa shape index (κ3) is 2.97. The Balaban J connectivity index is 2.89. The molecular weight excluding hydrogens is 220 g/mol. The van der Waals surface area contributed by atoms with Crippen LogP contribution in [0.1, 0.15) is 25.8 Å². The normalized spacial score (nSPS) is 14.1. The van der Waals surface area contributed by atoms with E-state index in [1.54, 1.807) is 24.3 Å². The molecule has 0 radical (unpaired) electrons. The minimum absolute atomic E-state index is 0.594. The molecule has 1 rings (SSSR count). The minimum Gasteiger partial charge on any atom is -0.494 e. The maximum Gasteiger partial charge on any atom is 0.340 e. The van der Waals surface area contributed by atoms with Gasteiger partial charge in [-0.3, -0.25) is 0 Å². The molecule has 1 unspecified atom stereocenters. The van der Waals surface area contributed by atoms with Crippen LogP contribution in [-0.2, 0) is 15.1 Å². The summed E-state index contributed by atoms with van der Waals surface area (Å²) < 4.78 is 10.5. The molecule has 0 fully saturated rings. The first-order valence-electron chi connectivity index (χ1n) is 5.56. The molecule has 0 aliphatic carbocycles. The molecule has 0 bridgehead atoms. The van der Waals surface area contributed by atoms with Crippen LogP contribution in [0.5, 0.6) is 5.75 Å². The van der Waals surface area contributed by atoms with Crippen LogP contribution < -0.4 is 4.74 Å². The van der Waals surface area contributed by atoms with Crippen molar-refractivity contribution in [2.75, 3.05) is 13.7 Å². The van der Waals surface area contributed by atoms with E-state index < -0.39 is 11.6 Å². The average Bonchev–Trinajstić information content (AvgIpc) is 2.35. The van der Waals surface area contributed by atoms with Crippen LogP contribution in [0.4, 0.5) is 0 Å². The molecule has 0 aromatic heterocycles. The third-order valence-electron chi connectivity index (χ3n) is 2.69. The van der Waals surface area contributed by atoms with Crippen molar-refractivity contribution in [1.82, 2.24) is 0 Å². The first-order valence-corrected chi connectivity index (χ1v) is 5.56. The van der Waals surface area contributed by atoms with Gasteiger partial charge in [-0.05, 0) is 31.0 Å². The summed E-state index contributed by atoms with van der Waals surface area (Å²) in [7, 11) is 1.38. The van der Waals surface area contributed by atoms with Crippen LogP contribution in [0.3, 0.4) is 0 Å². The maximum atomic E-state index is 11.2. The number of carboxylic acid groups (broad SMARTS) is 1. The van der Waals surface area contributed by atoms with Crippen molar-refractivity contribution in [2.45, 2.75) is 25.9 Å². The highest BCUT2D eigenvalue weighted by atomic mass is 16.5. The molecule has 4 nitrogen and oxygen atoms in total. The second-order valence-electron chi connectivity index (χ2n) is 3.92. The maximum absolute atomic E-state index is 11.2. The van der Waals surface area contributed by atoms with Gasteiger partial charge in [-0.15, -0.1) is 0 Å². The van der Waals surface area contributed by atoms with E-state index >= 15 is 0 Å². The summed E-state index contributed by atoms with van der Waals surface area (Å²) in [4.78, 5) is 11.2. The number of benzene rings is 1. The number of carbonyl (C=O) groups is 1. The van der Waals surface area contributed by atoms with Gasteiger partial charge in [0.05, 0.1) is 6.61 Å². The lowest BCUT2D eigenvalue weighted by molar-refractivity contribution is -0.161. The van der Waals surface area contributed by atoms with Crippen LogP contribution in [-0.4, -0.2) is 24.8 Å². The molecule has 0 spiro atoms. The van der Waals surface area contributed by atoms with Gasteiger partial charge in [-0.25, -0.2) is 4.79 Å². The fourth-order valence-electron chi connectivity index (χ4n) is 1.42. The summed E-state index contributed by atoms with van der Waals surface area (Å²) in [5.74, 6) is -0.276. The van der Waals surface area contributed by atoms with Gasteiger partial charge >= 0.3 is 5.97 Å².